The molecule has 0 aromatic carbocycles. The molecule has 2 unspecified atom stereocenters. The van der Waals surface area contributed by atoms with E-state index in [0.29, 0.717) is 5.92 Å². The molecule has 18 heavy (non-hydrogen) atoms. The maximum absolute atomic E-state index is 10.4. The van der Waals surface area contributed by atoms with E-state index in [-0.39, 0.29) is 12.6 Å². The Balaban J connectivity index is 2.53. The fraction of sp³-hybridized carbons (Fsp3) is 1.00. The van der Waals surface area contributed by atoms with E-state index in [1.165, 1.54) is 12.8 Å². The third kappa shape index (κ3) is 4.87. The third-order valence-corrected chi connectivity index (χ3v) is 4.57. The number of aliphatic hydroxyl groups excluding tert-OH is 1. The summed E-state index contributed by atoms with van der Waals surface area (Å²) in [6.07, 6.45) is 4.47. The van der Waals surface area contributed by atoms with E-state index < -0.39 is 5.60 Å². The van der Waals surface area contributed by atoms with Gasteiger partial charge in [0, 0.05) is 19.2 Å². The number of aliphatic hydroxyl groups is 2. The molecular formula is C15H31NO2. The lowest BCUT2D eigenvalue weighted by atomic mass is 9.92. The Labute approximate surface area is 112 Å². The van der Waals surface area contributed by atoms with Gasteiger partial charge in [-0.3, -0.25) is 4.90 Å². The lowest BCUT2D eigenvalue weighted by Crippen LogP contribution is -2.50. The first kappa shape index (κ1) is 15.9. The minimum atomic E-state index is -0.614. The zero-order valence-corrected chi connectivity index (χ0v) is 12.5. The van der Waals surface area contributed by atoms with Crippen LogP contribution in [0.25, 0.3) is 0 Å². The fourth-order valence-electron chi connectivity index (χ4n) is 2.24. The SMILES string of the molecule is CCC(C)(O)[C@@H](C)N(CCC(C)CO)CC1CC1. The molecule has 2 N–H and O–H groups in total. The highest BCUT2D eigenvalue weighted by Gasteiger charge is 2.34. The van der Waals surface area contributed by atoms with E-state index in [2.05, 4.69) is 18.7 Å². The van der Waals surface area contributed by atoms with Crippen LogP contribution in [-0.2, 0) is 0 Å². The normalized spacial score (nSPS) is 22.8. The quantitative estimate of drug-likeness (QED) is 0.666. The van der Waals surface area contributed by atoms with Gasteiger partial charge in [0.1, 0.15) is 0 Å². The Morgan fingerprint density at radius 3 is 2.39 bits per heavy atom. The average molecular weight is 257 g/mol. The summed E-state index contributed by atoms with van der Waals surface area (Å²) in [5.41, 5.74) is -0.614. The zero-order chi connectivity index (χ0) is 13.8. The van der Waals surface area contributed by atoms with Crippen LogP contribution in [0.1, 0.15) is 53.4 Å². The summed E-state index contributed by atoms with van der Waals surface area (Å²) < 4.78 is 0. The molecule has 0 saturated heterocycles. The monoisotopic (exact) mass is 257 g/mol. The van der Waals surface area contributed by atoms with E-state index in [1.54, 1.807) is 0 Å². The van der Waals surface area contributed by atoms with Crippen LogP contribution in [0.3, 0.4) is 0 Å². The van der Waals surface area contributed by atoms with Gasteiger partial charge in [-0.25, -0.2) is 0 Å². The van der Waals surface area contributed by atoms with E-state index in [9.17, 15) is 5.11 Å². The molecule has 0 bridgehead atoms. The van der Waals surface area contributed by atoms with Crippen molar-refractivity contribution in [1.29, 1.82) is 0 Å². The van der Waals surface area contributed by atoms with Crippen molar-refractivity contribution in [2.24, 2.45) is 11.8 Å². The lowest BCUT2D eigenvalue weighted by molar-refractivity contribution is -0.0325. The summed E-state index contributed by atoms with van der Waals surface area (Å²) in [6, 6.07) is 0.189. The molecule has 0 aromatic heterocycles. The molecule has 0 amide bonds. The minimum Gasteiger partial charge on any atom is -0.396 e. The highest BCUT2D eigenvalue weighted by molar-refractivity contribution is 4.88. The van der Waals surface area contributed by atoms with Gasteiger partial charge >= 0.3 is 0 Å². The van der Waals surface area contributed by atoms with Crippen molar-refractivity contribution >= 4 is 0 Å². The van der Waals surface area contributed by atoms with Gasteiger partial charge in [-0.15, -0.1) is 0 Å². The summed E-state index contributed by atoms with van der Waals surface area (Å²) in [5.74, 6) is 1.19. The van der Waals surface area contributed by atoms with Gasteiger partial charge in [-0.1, -0.05) is 13.8 Å². The summed E-state index contributed by atoms with van der Waals surface area (Å²) in [5, 5.41) is 19.5. The Bertz CT molecular complexity index is 239. The predicted octanol–water partition coefficient (Wildman–Crippen LogP) is 2.27. The van der Waals surface area contributed by atoms with Gasteiger partial charge in [0.2, 0.25) is 0 Å². The molecule has 0 heterocycles. The second-order valence-electron chi connectivity index (χ2n) is 6.40. The second-order valence-corrected chi connectivity index (χ2v) is 6.40. The maximum atomic E-state index is 10.4. The number of rotatable bonds is 9. The van der Waals surface area contributed by atoms with Crippen LogP contribution in [0.4, 0.5) is 0 Å². The summed E-state index contributed by atoms with van der Waals surface area (Å²) in [7, 11) is 0. The fourth-order valence-corrected chi connectivity index (χ4v) is 2.24. The number of hydrogen-bond donors (Lipinski definition) is 2. The van der Waals surface area contributed by atoms with Gasteiger partial charge in [-0.05, 0) is 57.9 Å². The topological polar surface area (TPSA) is 43.7 Å². The Kier molecular flexibility index (Phi) is 6.09. The first-order chi connectivity index (χ1) is 8.40. The van der Waals surface area contributed by atoms with E-state index >= 15 is 0 Å². The Morgan fingerprint density at radius 2 is 1.94 bits per heavy atom. The van der Waals surface area contributed by atoms with Crippen molar-refractivity contribution < 1.29 is 10.2 Å². The molecule has 0 spiro atoms. The molecule has 1 saturated carbocycles. The first-order valence-corrected chi connectivity index (χ1v) is 7.48. The van der Waals surface area contributed by atoms with Gasteiger partial charge in [0.05, 0.1) is 5.60 Å². The molecule has 1 rings (SSSR count). The van der Waals surface area contributed by atoms with Crippen LogP contribution in [-0.4, -0.2) is 46.5 Å². The second kappa shape index (κ2) is 6.88. The molecule has 0 aromatic rings. The molecule has 3 atom stereocenters. The highest BCUT2D eigenvalue weighted by Crippen LogP contribution is 2.32. The zero-order valence-electron chi connectivity index (χ0n) is 12.5. The van der Waals surface area contributed by atoms with Gasteiger partial charge in [0.25, 0.3) is 0 Å². The molecular weight excluding hydrogens is 226 g/mol. The number of hydrogen-bond acceptors (Lipinski definition) is 3. The largest absolute Gasteiger partial charge is 0.396 e. The van der Waals surface area contributed by atoms with Gasteiger partial charge in [-0.2, -0.15) is 0 Å². The molecule has 3 nitrogen and oxygen atoms in total. The molecule has 0 aliphatic heterocycles. The van der Waals surface area contributed by atoms with Crippen LogP contribution in [0.2, 0.25) is 0 Å². The van der Waals surface area contributed by atoms with E-state index in [4.69, 9.17) is 5.11 Å². The molecule has 1 aliphatic carbocycles. The van der Waals surface area contributed by atoms with Crippen LogP contribution in [0, 0.1) is 11.8 Å². The first-order valence-electron chi connectivity index (χ1n) is 7.48. The van der Waals surface area contributed by atoms with Crippen molar-refractivity contribution in [2.45, 2.75) is 65.0 Å². The Hall–Kier alpha value is -0.120. The Morgan fingerprint density at radius 1 is 1.33 bits per heavy atom. The van der Waals surface area contributed by atoms with Crippen LogP contribution in [0.5, 0.6) is 0 Å². The summed E-state index contributed by atoms with van der Waals surface area (Å²) in [4.78, 5) is 2.42. The van der Waals surface area contributed by atoms with Crippen molar-refractivity contribution in [3.8, 4) is 0 Å². The van der Waals surface area contributed by atoms with Crippen molar-refractivity contribution in [1.82, 2.24) is 4.90 Å². The minimum absolute atomic E-state index is 0.189. The van der Waals surface area contributed by atoms with Crippen LogP contribution in [0.15, 0.2) is 0 Å². The summed E-state index contributed by atoms with van der Waals surface area (Å²) >= 11 is 0. The van der Waals surface area contributed by atoms with Crippen molar-refractivity contribution in [3.05, 3.63) is 0 Å². The van der Waals surface area contributed by atoms with Crippen LogP contribution >= 0.6 is 0 Å². The molecule has 3 heteroatoms. The molecule has 108 valence electrons. The lowest BCUT2D eigenvalue weighted by Gasteiger charge is -2.39. The van der Waals surface area contributed by atoms with Gasteiger partial charge in [0.15, 0.2) is 0 Å². The molecule has 0 radical (unpaired) electrons. The van der Waals surface area contributed by atoms with Crippen molar-refractivity contribution in [2.75, 3.05) is 19.7 Å². The van der Waals surface area contributed by atoms with E-state index in [0.717, 1.165) is 31.8 Å². The predicted molar refractivity (Wildman–Crippen MR) is 75.5 cm³/mol. The van der Waals surface area contributed by atoms with Gasteiger partial charge < -0.3 is 10.2 Å². The smallest absolute Gasteiger partial charge is 0.0768 e. The average Bonchev–Trinajstić information content (AvgIpc) is 3.16. The summed E-state index contributed by atoms with van der Waals surface area (Å²) in [6.45, 7) is 10.5. The number of nitrogens with zero attached hydrogens (tertiary/aromatic N) is 1. The third-order valence-electron chi connectivity index (χ3n) is 4.57. The van der Waals surface area contributed by atoms with Crippen molar-refractivity contribution in [3.63, 3.8) is 0 Å². The maximum Gasteiger partial charge on any atom is 0.0768 e. The highest BCUT2D eigenvalue weighted by atomic mass is 16.3. The standard InChI is InChI=1S/C15H31NO2/c1-5-15(4,18)13(3)16(10-14-6-7-14)9-8-12(2)11-17/h12-14,17-18H,5-11H2,1-4H3/t12?,13-,15?/m1/s1. The molecule has 1 fully saturated rings. The van der Waals surface area contributed by atoms with E-state index in [1.807, 2.05) is 13.8 Å². The molecule has 1 aliphatic rings. The van der Waals surface area contributed by atoms with Crippen LogP contribution < -0.4 is 0 Å².